The predicted octanol–water partition coefficient (Wildman–Crippen LogP) is -1.35. The second-order valence-electron chi connectivity index (χ2n) is 3.32. The zero-order valence-corrected chi connectivity index (χ0v) is 9.71. The van der Waals surface area contributed by atoms with Crippen LogP contribution in [0.1, 0.15) is 13.3 Å². The molecule has 5 N–H and O–H groups in total. The lowest BCUT2D eigenvalue weighted by atomic mass is 10.2. The van der Waals surface area contributed by atoms with Crippen LogP contribution in [0.4, 0.5) is 0 Å². The van der Waals surface area contributed by atoms with Gasteiger partial charge < -0.3 is 16.3 Å². The highest BCUT2D eigenvalue weighted by molar-refractivity contribution is 7.88. The molecule has 1 atom stereocenters. The first-order valence-corrected chi connectivity index (χ1v) is 6.38. The summed E-state index contributed by atoms with van der Waals surface area (Å²) in [5, 5.41) is 14.2. The van der Waals surface area contributed by atoms with E-state index in [1.165, 1.54) is 0 Å². The molecule has 0 heterocycles. The number of nitrogens with one attached hydrogen (secondary N) is 2. The Morgan fingerprint density at radius 3 is 2.60 bits per heavy atom. The molecule has 0 aromatic carbocycles. The number of hydrogen-bond donors (Lipinski definition) is 4. The first-order valence-electron chi connectivity index (χ1n) is 4.49. The van der Waals surface area contributed by atoms with Crippen molar-refractivity contribution in [2.24, 2.45) is 10.9 Å². The van der Waals surface area contributed by atoms with Crippen LogP contribution in [0.3, 0.4) is 0 Å². The Bertz CT molecular complexity index is 301. The first-order chi connectivity index (χ1) is 6.85. The molecule has 8 heteroatoms. The Balaban J connectivity index is 3.60. The monoisotopic (exact) mass is 238 g/mol. The van der Waals surface area contributed by atoms with Gasteiger partial charge in [0, 0.05) is 25.6 Å². The maximum Gasteiger partial charge on any atom is 0.208 e. The summed E-state index contributed by atoms with van der Waals surface area (Å²) in [5.41, 5.74) is 5.30. The molecule has 0 fully saturated rings. The molecule has 15 heavy (non-hydrogen) atoms. The number of rotatable bonds is 7. The van der Waals surface area contributed by atoms with E-state index < -0.39 is 10.0 Å². The van der Waals surface area contributed by atoms with Crippen LogP contribution in [-0.2, 0) is 10.0 Å². The van der Waals surface area contributed by atoms with E-state index in [0.717, 1.165) is 6.26 Å². The molecule has 0 aromatic heterocycles. The summed E-state index contributed by atoms with van der Waals surface area (Å²) in [6.07, 6.45) is 1.52. The van der Waals surface area contributed by atoms with E-state index in [1.807, 2.05) is 6.92 Å². The Kier molecular flexibility index (Phi) is 6.21. The van der Waals surface area contributed by atoms with E-state index in [-0.39, 0.29) is 11.9 Å². The molecule has 0 bridgehead atoms. The second kappa shape index (κ2) is 6.59. The zero-order valence-electron chi connectivity index (χ0n) is 8.90. The highest BCUT2D eigenvalue weighted by atomic mass is 32.2. The fourth-order valence-corrected chi connectivity index (χ4v) is 1.45. The fourth-order valence-electron chi connectivity index (χ4n) is 0.982. The summed E-state index contributed by atoms with van der Waals surface area (Å²) < 4.78 is 23.7. The van der Waals surface area contributed by atoms with Gasteiger partial charge in [0.25, 0.3) is 0 Å². The van der Waals surface area contributed by atoms with E-state index in [0.29, 0.717) is 19.5 Å². The predicted molar refractivity (Wildman–Crippen MR) is 58.3 cm³/mol. The summed E-state index contributed by atoms with van der Waals surface area (Å²) in [5.74, 6) is 0.145. The van der Waals surface area contributed by atoms with Gasteiger partial charge in [0.2, 0.25) is 10.0 Å². The maximum atomic E-state index is 10.7. The molecule has 0 spiro atoms. The van der Waals surface area contributed by atoms with E-state index >= 15 is 0 Å². The lowest BCUT2D eigenvalue weighted by molar-refractivity contribution is 0.316. The summed E-state index contributed by atoms with van der Waals surface area (Å²) in [6, 6.07) is 0.0299. The van der Waals surface area contributed by atoms with Gasteiger partial charge in [-0.1, -0.05) is 5.16 Å². The van der Waals surface area contributed by atoms with E-state index in [4.69, 9.17) is 10.9 Å². The standard InChI is InChI=1S/C7H18N4O3S/c1-6(5-7(8)11-12)9-3-4-10-15(2,13)14/h6,9-10,12H,3-5H2,1-2H3,(H2,8,11). The van der Waals surface area contributed by atoms with Crippen molar-refractivity contribution < 1.29 is 13.6 Å². The van der Waals surface area contributed by atoms with Crippen LogP contribution in [0.5, 0.6) is 0 Å². The van der Waals surface area contributed by atoms with E-state index in [9.17, 15) is 8.42 Å². The molecule has 90 valence electrons. The average molecular weight is 238 g/mol. The minimum absolute atomic E-state index is 0.0299. The summed E-state index contributed by atoms with van der Waals surface area (Å²) in [7, 11) is -3.13. The third-order valence-electron chi connectivity index (χ3n) is 1.63. The Labute approximate surface area is 89.8 Å². The molecule has 0 aliphatic heterocycles. The SMILES string of the molecule is CC(CC(N)=NO)NCCNS(C)(=O)=O. The van der Waals surface area contributed by atoms with Gasteiger partial charge in [0.05, 0.1) is 6.26 Å². The number of sulfonamides is 1. The van der Waals surface area contributed by atoms with Crippen LogP contribution >= 0.6 is 0 Å². The molecule has 0 saturated heterocycles. The Morgan fingerprint density at radius 1 is 1.53 bits per heavy atom. The topological polar surface area (TPSA) is 117 Å². The summed E-state index contributed by atoms with van der Waals surface area (Å²) in [6.45, 7) is 2.67. The van der Waals surface area contributed by atoms with E-state index in [2.05, 4.69) is 15.2 Å². The molecule has 0 radical (unpaired) electrons. The van der Waals surface area contributed by atoms with Crippen molar-refractivity contribution in [3.8, 4) is 0 Å². The van der Waals surface area contributed by atoms with Crippen LogP contribution in [0.25, 0.3) is 0 Å². The van der Waals surface area contributed by atoms with Gasteiger partial charge in [-0.2, -0.15) is 0 Å². The molecular weight excluding hydrogens is 220 g/mol. The van der Waals surface area contributed by atoms with Crippen molar-refractivity contribution in [3.05, 3.63) is 0 Å². The van der Waals surface area contributed by atoms with Gasteiger partial charge in [-0.3, -0.25) is 0 Å². The van der Waals surface area contributed by atoms with Crippen molar-refractivity contribution in [2.75, 3.05) is 19.3 Å². The van der Waals surface area contributed by atoms with Crippen LogP contribution in [0.2, 0.25) is 0 Å². The Morgan fingerprint density at radius 2 is 2.13 bits per heavy atom. The summed E-state index contributed by atoms with van der Waals surface area (Å²) in [4.78, 5) is 0. The molecule has 0 rings (SSSR count). The lowest BCUT2D eigenvalue weighted by Gasteiger charge is -2.12. The molecular formula is C7H18N4O3S. The molecule has 0 aliphatic carbocycles. The second-order valence-corrected chi connectivity index (χ2v) is 5.15. The van der Waals surface area contributed by atoms with Gasteiger partial charge in [-0.25, -0.2) is 13.1 Å². The average Bonchev–Trinajstić information content (AvgIpc) is 2.11. The molecule has 0 aromatic rings. The van der Waals surface area contributed by atoms with Gasteiger partial charge >= 0.3 is 0 Å². The van der Waals surface area contributed by atoms with Crippen molar-refractivity contribution in [1.82, 2.24) is 10.0 Å². The molecule has 1 unspecified atom stereocenters. The third-order valence-corrected chi connectivity index (χ3v) is 2.35. The van der Waals surface area contributed by atoms with Crippen molar-refractivity contribution in [3.63, 3.8) is 0 Å². The van der Waals surface area contributed by atoms with E-state index in [1.54, 1.807) is 0 Å². The minimum atomic E-state index is -3.13. The highest BCUT2D eigenvalue weighted by Crippen LogP contribution is 1.89. The maximum absolute atomic E-state index is 10.7. The minimum Gasteiger partial charge on any atom is -0.409 e. The van der Waals surface area contributed by atoms with Gasteiger partial charge in [-0.15, -0.1) is 0 Å². The van der Waals surface area contributed by atoms with Crippen molar-refractivity contribution >= 4 is 15.9 Å². The summed E-state index contributed by atoms with van der Waals surface area (Å²) >= 11 is 0. The van der Waals surface area contributed by atoms with Crippen LogP contribution < -0.4 is 15.8 Å². The highest BCUT2D eigenvalue weighted by Gasteiger charge is 2.04. The van der Waals surface area contributed by atoms with Crippen molar-refractivity contribution in [1.29, 1.82) is 0 Å². The lowest BCUT2D eigenvalue weighted by Crippen LogP contribution is -2.37. The fraction of sp³-hybridized carbons (Fsp3) is 0.857. The molecule has 0 aliphatic rings. The number of amidine groups is 1. The van der Waals surface area contributed by atoms with Gasteiger partial charge in [0.15, 0.2) is 0 Å². The van der Waals surface area contributed by atoms with Crippen molar-refractivity contribution in [2.45, 2.75) is 19.4 Å². The van der Waals surface area contributed by atoms with Gasteiger partial charge in [-0.05, 0) is 6.92 Å². The van der Waals surface area contributed by atoms with Crippen LogP contribution in [0.15, 0.2) is 5.16 Å². The number of nitrogens with two attached hydrogens (primary N) is 1. The smallest absolute Gasteiger partial charge is 0.208 e. The number of nitrogens with zero attached hydrogens (tertiary/aromatic N) is 1. The zero-order chi connectivity index (χ0) is 11.9. The quantitative estimate of drug-likeness (QED) is 0.144. The normalized spacial score (nSPS) is 15.2. The largest absolute Gasteiger partial charge is 0.409 e. The van der Waals surface area contributed by atoms with Gasteiger partial charge in [0.1, 0.15) is 5.84 Å². The Hall–Kier alpha value is -0.860. The van der Waals surface area contributed by atoms with Crippen LogP contribution in [-0.4, -0.2) is 44.8 Å². The molecule has 0 saturated carbocycles. The molecule has 7 nitrogen and oxygen atoms in total. The first kappa shape index (κ1) is 14.1. The third kappa shape index (κ3) is 9.44. The number of oxime groups is 1. The van der Waals surface area contributed by atoms with Crippen LogP contribution in [0, 0.1) is 0 Å². The number of hydrogen-bond acceptors (Lipinski definition) is 5. The molecule has 0 amide bonds.